The average molecular weight is 226 g/mol. The fourth-order valence-corrected chi connectivity index (χ4v) is 1.92. The third-order valence-corrected chi connectivity index (χ3v) is 2.92. The van der Waals surface area contributed by atoms with Crippen molar-refractivity contribution in [1.29, 1.82) is 10.5 Å². The average Bonchev–Trinajstić information content (AvgIpc) is 3.16. The first-order valence-electron chi connectivity index (χ1n) is 5.69. The van der Waals surface area contributed by atoms with Gasteiger partial charge in [-0.3, -0.25) is 0 Å². The van der Waals surface area contributed by atoms with Crippen molar-refractivity contribution in [3.8, 4) is 12.1 Å². The molecule has 4 nitrogen and oxygen atoms in total. The van der Waals surface area contributed by atoms with Crippen molar-refractivity contribution < 1.29 is 0 Å². The topological polar surface area (TPSA) is 76.8 Å². The lowest BCUT2D eigenvalue weighted by Gasteiger charge is -2.25. The van der Waals surface area contributed by atoms with Crippen LogP contribution in [0.4, 0.5) is 11.4 Å². The van der Waals surface area contributed by atoms with Gasteiger partial charge in [0.2, 0.25) is 0 Å². The lowest BCUT2D eigenvalue weighted by Crippen LogP contribution is -2.27. The van der Waals surface area contributed by atoms with Crippen LogP contribution < -0.4 is 10.6 Å². The van der Waals surface area contributed by atoms with E-state index < -0.39 is 0 Å². The lowest BCUT2D eigenvalue weighted by molar-refractivity contribution is 0.794. The molecule has 2 N–H and O–H groups in total. The summed E-state index contributed by atoms with van der Waals surface area (Å²) in [6.45, 7) is 0.681. The summed E-state index contributed by atoms with van der Waals surface area (Å²) in [6, 6.07) is 10.0. The van der Waals surface area contributed by atoms with Crippen LogP contribution in [0.3, 0.4) is 0 Å². The van der Waals surface area contributed by atoms with Crippen LogP contribution in [0, 0.1) is 22.7 Å². The summed E-state index contributed by atoms with van der Waals surface area (Å²) in [6.07, 6.45) is 2.76. The molecule has 0 bridgehead atoms. The van der Waals surface area contributed by atoms with Gasteiger partial charge in [0.15, 0.2) is 0 Å². The fraction of sp³-hybridized carbons (Fsp3) is 0.385. The largest absolute Gasteiger partial charge is 0.397 e. The van der Waals surface area contributed by atoms with E-state index in [9.17, 15) is 0 Å². The van der Waals surface area contributed by atoms with E-state index in [4.69, 9.17) is 16.3 Å². The normalized spacial score (nSPS) is 13.8. The molecule has 0 atom stereocenters. The summed E-state index contributed by atoms with van der Waals surface area (Å²) in [7, 11) is 0. The van der Waals surface area contributed by atoms with Gasteiger partial charge in [-0.2, -0.15) is 10.5 Å². The van der Waals surface area contributed by atoms with Crippen LogP contribution in [0.25, 0.3) is 0 Å². The van der Waals surface area contributed by atoms with Gasteiger partial charge in [-0.15, -0.1) is 0 Å². The molecule has 1 aliphatic carbocycles. The first-order valence-corrected chi connectivity index (χ1v) is 5.69. The summed E-state index contributed by atoms with van der Waals surface area (Å²) in [5.41, 5.74) is 8.12. The van der Waals surface area contributed by atoms with E-state index in [-0.39, 0.29) is 0 Å². The minimum Gasteiger partial charge on any atom is -0.397 e. The highest BCUT2D eigenvalue weighted by Gasteiger charge is 2.29. The second-order valence-electron chi connectivity index (χ2n) is 4.22. The number of anilines is 2. The fourth-order valence-electron chi connectivity index (χ4n) is 1.92. The number of hydrogen-bond donors (Lipinski definition) is 1. The maximum absolute atomic E-state index is 8.90. The zero-order chi connectivity index (χ0) is 12.3. The highest BCUT2D eigenvalue weighted by molar-refractivity contribution is 5.70. The second kappa shape index (κ2) is 4.76. The Hall–Kier alpha value is -2.20. The van der Waals surface area contributed by atoms with E-state index >= 15 is 0 Å². The van der Waals surface area contributed by atoms with E-state index in [1.165, 1.54) is 0 Å². The molecule has 0 aromatic heterocycles. The molecule has 86 valence electrons. The van der Waals surface area contributed by atoms with Crippen molar-refractivity contribution in [2.45, 2.75) is 25.3 Å². The van der Waals surface area contributed by atoms with Gasteiger partial charge < -0.3 is 10.6 Å². The molecule has 0 saturated heterocycles. The van der Waals surface area contributed by atoms with Gasteiger partial charge in [-0.05, 0) is 31.0 Å². The van der Waals surface area contributed by atoms with Gasteiger partial charge in [-0.25, -0.2) is 0 Å². The minimum atomic E-state index is 0.479. The Balaban J connectivity index is 2.28. The molecular formula is C13H14N4. The van der Waals surface area contributed by atoms with E-state index in [0.29, 0.717) is 30.3 Å². The Morgan fingerprint density at radius 3 is 2.71 bits per heavy atom. The molecular weight excluding hydrogens is 212 g/mol. The van der Waals surface area contributed by atoms with Gasteiger partial charge >= 0.3 is 0 Å². The van der Waals surface area contributed by atoms with Crippen LogP contribution in [0.5, 0.6) is 0 Å². The third-order valence-electron chi connectivity index (χ3n) is 2.92. The van der Waals surface area contributed by atoms with E-state index in [0.717, 1.165) is 18.5 Å². The summed E-state index contributed by atoms with van der Waals surface area (Å²) in [5.74, 6) is 0. The quantitative estimate of drug-likeness (QED) is 0.797. The van der Waals surface area contributed by atoms with E-state index in [2.05, 4.69) is 17.0 Å². The highest BCUT2D eigenvalue weighted by atomic mass is 15.2. The molecule has 4 heteroatoms. The van der Waals surface area contributed by atoms with Crippen molar-refractivity contribution in [3.63, 3.8) is 0 Å². The Bertz CT molecular complexity index is 491. The van der Waals surface area contributed by atoms with Crippen molar-refractivity contribution in [1.82, 2.24) is 0 Å². The molecule has 1 saturated carbocycles. The predicted molar refractivity (Wildman–Crippen MR) is 66.2 cm³/mol. The molecule has 0 amide bonds. The standard InChI is InChI=1S/C13H14N4/c14-6-1-7-17(11-3-4-11)13-8-10(9-15)2-5-12(13)16/h2,5,8,11H,1,3-4,7,16H2. The van der Waals surface area contributed by atoms with Crippen molar-refractivity contribution in [2.75, 3.05) is 17.2 Å². The molecule has 0 heterocycles. The maximum Gasteiger partial charge on any atom is 0.0992 e. The molecule has 2 rings (SSSR count). The van der Waals surface area contributed by atoms with Crippen LogP contribution in [0.2, 0.25) is 0 Å². The summed E-state index contributed by atoms with van der Waals surface area (Å²) >= 11 is 0. The van der Waals surface area contributed by atoms with Gasteiger partial charge in [0.25, 0.3) is 0 Å². The van der Waals surface area contributed by atoms with Crippen molar-refractivity contribution in [3.05, 3.63) is 23.8 Å². The Morgan fingerprint density at radius 1 is 1.35 bits per heavy atom. The predicted octanol–water partition coefficient (Wildman–Crippen LogP) is 2.02. The SMILES string of the molecule is N#CCCN(c1cc(C#N)ccc1N)C1CC1. The van der Waals surface area contributed by atoms with Crippen LogP contribution >= 0.6 is 0 Å². The van der Waals surface area contributed by atoms with Crippen LogP contribution in [0.15, 0.2) is 18.2 Å². The third kappa shape index (κ3) is 2.49. The Kier molecular flexibility index (Phi) is 3.16. The number of rotatable bonds is 4. The highest BCUT2D eigenvalue weighted by Crippen LogP contribution is 2.35. The first kappa shape index (κ1) is 11.3. The van der Waals surface area contributed by atoms with Gasteiger partial charge in [0.1, 0.15) is 0 Å². The van der Waals surface area contributed by atoms with Crippen molar-refractivity contribution >= 4 is 11.4 Å². The molecule has 0 spiro atoms. The maximum atomic E-state index is 8.90. The van der Waals surface area contributed by atoms with E-state index in [1.807, 2.05) is 6.07 Å². The molecule has 17 heavy (non-hydrogen) atoms. The molecule has 0 aliphatic heterocycles. The first-order chi connectivity index (χ1) is 8.26. The number of hydrogen-bond acceptors (Lipinski definition) is 4. The molecule has 1 aliphatic rings. The number of nitriles is 2. The zero-order valence-corrected chi connectivity index (χ0v) is 9.56. The van der Waals surface area contributed by atoms with Crippen LogP contribution in [-0.2, 0) is 0 Å². The number of benzene rings is 1. The van der Waals surface area contributed by atoms with Crippen molar-refractivity contribution in [2.24, 2.45) is 0 Å². The number of nitrogens with two attached hydrogens (primary N) is 1. The molecule has 0 radical (unpaired) electrons. The molecule has 0 unspecified atom stereocenters. The second-order valence-corrected chi connectivity index (χ2v) is 4.22. The van der Waals surface area contributed by atoms with Crippen LogP contribution in [-0.4, -0.2) is 12.6 Å². The van der Waals surface area contributed by atoms with Gasteiger partial charge in [0, 0.05) is 12.6 Å². The summed E-state index contributed by atoms with van der Waals surface area (Å²) in [5, 5.41) is 17.6. The van der Waals surface area contributed by atoms with Crippen LogP contribution in [0.1, 0.15) is 24.8 Å². The minimum absolute atomic E-state index is 0.479. The Labute approximate surface area is 101 Å². The smallest absolute Gasteiger partial charge is 0.0992 e. The number of nitrogen functional groups attached to an aromatic ring is 1. The Morgan fingerprint density at radius 2 is 2.12 bits per heavy atom. The summed E-state index contributed by atoms with van der Waals surface area (Å²) < 4.78 is 0. The molecule has 1 aromatic rings. The number of nitrogens with zero attached hydrogens (tertiary/aromatic N) is 3. The van der Waals surface area contributed by atoms with Gasteiger partial charge in [-0.1, -0.05) is 0 Å². The zero-order valence-electron chi connectivity index (χ0n) is 9.56. The van der Waals surface area contributed by atoms with Gasteiger partial charge in [0.05, 0.1) is 35.5 Å². The van der Waals surface area contributed by atoms with E-state index in [1.54, 1.807) is 12.1 Å². The monoisotopic (exact) mass is 226 g/mol. The molecule has 1 fully saturated rings. The summed E-state index contributed by atoms with van der Waals surface area (Å²) in [4.78, 5) is 2.15. The molecule has 1 aromatic carbocycles. The lowest BCUT2D eigenvalue weighted by atomic mass is 10.1.